The number of carbonyl (C=O) groups excluding carboxylic acids is 1. The molecule has 0 fully saturated rings. The van der Waals surface area contributed by atoms with E-state index in [1.165, 1.54) is 5.56 Å². The Balaban J connectivity index is 2.38. The van der Waals surface area contributed by atoms with Gasteiger partial charge in [-0.25, -0.2) is 0 Å². The molecule has 82 valence electrons. The number of carbonyl (C=O) groups is 1. The Bertz CT molecular complexity index is 519. The molecule has 0 bridgehead atoms. The molecule has 2 rings (SSSR count). The summed E-state index contributed by atoms with van der Waals surface area (Å²) in [4.78, 5) is 12.8. The maximum absolute atomic E-state index is 12.1. The minimum Gasteiger partial charge on any atom is -0.288 e. The summed E-state index contributed by atoms with van der Waals surface area (Å²) in [6.45, 7) is 3.88. The molecular weight excluding hydrogens is 220 g/mol. The summed E-state index contributed by atoms with van der Waals surface area (Å²) in [7, 11) is 0. The minimum absolute atomic E-state index is 0.0165. The average molecular weight is 232 g/mol. The predicted molar refractivity (Wildman–Crippen MR) is 63.9 cm³/mol. The maximum Gasteiger partial charge on any atom is 0.206 e. The van der Waals surface area contributed by atoms with Crippen LogP contribution in [0.1, 0.15) is 33.4 Å². The smallest absolute Gasteiger partial charge is 0.206 e. The first kappa shape index (κ1) is 11.0. The molecule has 0 aliphatic heterocycles. The lowest BCUT2D eigenvalue weighted by molar-refractivity contribution is 0.104. The van der Waals surface area contributed by atoms with Crippen molar-refractivity contribution in [2.45, 2.75) is 20.3 Å². The minimum atomic E-state index is 0.0165. The third-order valence-electron chi connectivity index (χ3n) is 2.46. The quantitative estimate of drug-likeness (QED) is 0.764. The molecule has 4 heteroatoms. The van der Waals surface area contributed by atoms with Crippen LogP contribution < -0.4 is 0 Å². The van der Waals surface area contributed by atoms with Gasteiger partial charge in [0.15, 0.2) is 0 Å². The molecule has 16 heavy (non-hydrogen) atoms. The first-order valence-electron chi connectivity index (χ1n) is 5.15. The van der Waals surface area contributed by atoms with E-state index in [4.69, 9.17) is 0 Å². The fourth-order valence-corrected chi connectivity index (χ4v) is 2.12. The molecule has 2 aromatic rings. The first-order chi connectivity index (χ1) is 7.72. The van der Waals surface area contributed by atoms with E-state index in [2.05, 4.69) is 16.5 Å². The second kappa shape index (κ2) is 4.53. The molecule has 0 aliphatic carbocycles. The van der Waals surface area contributed by atoms with Gasteiger partial charge in [0, 0.05) is 5.56 Å². The summed E-state index contributed by atoms with van der Waals surface area (Å²) in [5, 5.41) is 3.85. The van der Waals surface area contributed by atoms with E-state index in [-0.39, 0.29) is 5.78 Å². The number of aryl methyl sites for hydroxylation is 2. The highest BCUT2D eigenvalue weighted by atomic mass is 32.1. The lowest BCUT2D eigenvalue weighted by Gasteiger charge is -2.01. The lowest BCUT2D eigenvalue weighted by Crippen LogP contribution is -2.01. The van der Waals surface area contributed by atoms with Crippen LogP contribution in [0.3, 0.4) is 0 Å². The standard InChI is InChI=1S/C12H12N2OS/c1-3-9-5-4-6-10(7-9)11(15)12-8(2)13-14-16-12/h4-7H,3H2,1-2H3. The van der Waals surface area contributed by atoms with Crippen molar-refractivity contribution < 1.29 is 4.79 Å². The van der Waals surface area contributed by atoms with E-state index in [9.17, 15) is 4.79 Å². The molecule has 0 atom stereocenters. The second-order valence-electron chi connectivity index (χ2n) is 3.57. The summed E-state index contributed by atoms with van der Waals surface area (Å²) in [5.41, 5.74) is 2.59. The molecular formula is C12H12N2OS. The van der Waals surface area contributed by atoms with Crippen molar-refractivity contribution >= 4 is 17.3 Å². The third-order valence-corrected chi connectivity index (χ3v) is 3.28. The van der Waals surface area contributed by atoms with E-state index in [0.717, 1.165) is 18.0 Å². The fraction of sp³-hybridized carbons (Fsp3) is 0.250. The van der Waals surface area contributed by atoms with Crippen LogP contribution in [-0.4, -0.2) is 15.4 Å². The average Bonchev–Trinajstić information content (AvgIpc) is 2.74. The Hall–Kier alpha value is -1.55. The van der Waals surface area contributed by atoms with E-state index in [1.54, 1.807) is 6.92 Å². The molecule has 0 unspecified atom stereocenters. The highest BCUT2D eigenvalue weighted by Gasteiger charge is 2.15. The molecule has 0 saturated carbocycles. The van der Waals surface area contributed by atoms with Gasteiger partial charge < -0.3 is 0 Å². The Morgan fingerprint density at radius 1 is 1.44 bits per heavy atom. The molecule has 0 amide bonds. The number of ketones is 1. The van der Waals surface area contributed by atoms with Crippen LogP contribution in [0.25, 0.3) is 0 Å². The largest absolute Gasteiger partial charge is 0.288 e. The van der Waals surface area contributed by atoms with Crippen molar-refractivity contribution in [2.75, 3.05) is 0 Å². The van der Waals surface area contributed by atoms with Gasteiger partial charge in [-0.2, -0.15) is 0 Å². The van der Waals surface area contributed by atoms with Gasteiger partial charge in [-0.15, -0.1) is 5.10 Å². The van der Waals surface area contributed by atoms with Gasteiger partial charge in [-0.05, 0) is 36.5 Å². The van der Waals surface area contributed by atoms with Crippen LogP contribution in [0, 0.1) is 6.92 Å². The fourth-order valence-electron chi connectivity index (χ4n) is 1.50. The van der Waals surface area contributed by atoms with E-state index in [0.29, 0.717) is 16.1 Å². The van der Waals surface area contributed by atoms with Gasteiger partial charge in [0.1, 0.15) is 4.88 Å². The van der Waals surface area contributed by atoms with Crippen molar-refractivity contribution in [3.63, 3.8) is 0 Å². The van der Waals surface area contributed by atoms with Crippen LogP contribution in [0.2, 0.25) is 0 Å². The van der Waals surface area contributed by atoms with Gasteiger partial charge in [0.25, 0.3) is 0 Å². The van der Waals surface area contributed by atoms with Crippen molar-refractivity contribution in [3.8, 4) is 0 Å². The molecule has 1 heterocycles. The SMILES string of the molecule is CCc1cccc(C(=O)c2snnc2C)c1. The number of hydrogen-bond acceptors (Lipinski definition) is 4. The van der Waals surface area contributed by atoms with Gasteiger partial charge in [-0.1, -0.05) is 29.6 Å². The zero-order chi connectivity index (χ0) is 11.5. The highest BCUT2D eigenvalue weighted by molar-refractivity contribution is 7.08. The van der Waals surface area contributed by atoms with Gasteiger partial charge >= 0.3 is 0 Å². The molecule has 0 saturated heterocycles. The van der Waals surface area contributed by atoms with E-state index >= 15 is 0 Å². The number of hydrogen-bond donors (Lipinski definition) is 0. The van der Waals surface area contributed by atoms with E-state index < -0.39 is 0 Å². The van der Waals surface area contributed by atoms with Gasteiger partial charge in [0.2, 0.25) is 5.78 Å². The second-order valence-corrected chi connectivity index (χ2v) is 4.32. The summed E-state index contributed by atoms with van der Waals surface area (Å²) in [5.74, 6) is 0.0165. The summed E-state index contributed by atoms with van der Waals surface area (Å²) < 4.78 is 3.78. The molecule has 3 nitrogen and oxygen atoms in total. The number of nitrogens with zero attached hydrogens (tertiary/aromatic N) is 2. The van der Waals surface area contributed by atoms with Gasteiger partial charge in [0.05, 0.1) is 5.69 Å². The summed E-state index contributed by atoms with van der Waals surface area (Å²) in [6.07, 6.45) is 0.932. The Morgan fingerprint density at radius 2 is 2.25 bits per heavy atom. The molecule has 0 spiro atoms. The highest BCUT2D eigenvalue weighted by Crippen LogP contribution is 2.16. The first-order valence-corrected chi connectivity index (χ1v) is 5.92. The number of aromatic nitrogens is 2. The van der Waals surface area contributed by atoms with Crippen LogP contribution in [0.15, 0.2) is 24.3 Å². The monoisotopic (exact) mass is 232 g/mol. The zero-order valence-electron chi connectivity index (χ0n) is 9.23. The number of benzene rings is 1. The number of rotatable bonds is 3. The third kappa shape index (κ3) is 2.02. The van der Waals surface area contributed by atoms with Gasteiger partial charge in [-0.3, -0.25) is 4.79 Å². The Morgan fingerprint density at radius 3 is 2.88 bits per heavy atom. The summed E-state index contributed by atoms with van der Waals surface area (Å²) in [6, 6.07) is 7.70. The topological polar surface area (TPSA) is 42.9 Å². The molecule has 0 radical (unpaired) electrons. The van der Waals surface area contributed by atoms with Crippen LogP contribution in [-0.2, 0) is 6.42 Å². The Kier molecular flexibility index (Phi) is 3.10. The van der Waals surface area contributed by atoms with Crippen molar-refractivity contribution in [2.24, 2.45) is 0 Å². The molecule has 1 aromatic carbocycles. The van der Waals surface area contributed by atoms with Crippen LogP contribution in [0.5, 0.6) is 0 Å². The van der Waals surface area contributed by atoms with E-state index in [1.807, 2.05) is 24.3 Å². The predicted octanol–water partition coefficient (Wildman–Crippen LogP) is 2.64. The molecule has 1 aromatic heterocycles. The van der Waals surface area contributed by atoms with Crippen molar-refractivity contribution in [1.29, 1.82) is 0 Å². The van der Waals surface area contributed by atoms with Crippen LogP contribution in [0.4, 0.5) is 0 Å². The maximum atomic E-state index is 12.1. The Labute approximate surface area is 98.3 Å². The van der Waals surface area contributed by atoms with Crippen molar-refractivity contribution in [3.05, 3.63) is 46.0 Å². The lowest BCUT2D eigenvalue weighted by atomic mass is 10.0. The summed E-state index contributed by atoms with van der Waals surface area (Å²) >= 11 is 1.16. The van der Waals surface area contributed by atoms with Crippen molar-refractivity contribution in [1.82, 2.24) is 9.59 Å². The van der Waals surface area contributed by atoms with Crippen LogP contribution >= 0.6 is 11.5 Å². The zero-order valence-corrected chi connectivity index (χ0v) is 10.0. The molecule has 0 N–H and O–H groups in total. The normalized spacial score (nSPS) is 10.4. The molecule has 0 aliphatic rings.